The lowest BCUT2D eigenvalue weighted by atomic mass is 10.1. The van der Waals surface area contributed by atoms with Crippen LogP contribution in [0.3, 0.4) is 0 Å². The van der Waals surface area contributed by atoms with Crippen molar-refractivity contribution in [2.45, 2.75) is 39.3 Å². The Balaban J connectivity index is 0.000000277. The van der Waals surface area contributed by atoms with E-state index in [9.17, 15) is 4.79 Å². The molecule has 0 bridgehead atoms. The molecule has 0 radical (unpaired) electrons. The molecule has 2 aromatic rings. The maximum absolute atomic E-state index is 9.60. The Bertz CT molecular complexity index is 718. The number of anilines is 1. The van der Waals surface area contributed by atoms with Crippen molar-refractivity contribution in [3.05, 3.63) is 29.4 Å². The van der Waals surface area contributed by atoms with Gasteiger partial charge in [-0.15, -0.1) is 10.2 Å². The first-order valence-corrected chi connectivity index (χ1v) is 8.70. The molecule has 0 aliphatic carbocycles. The number of carbonyl (C=O) groups excluding carboxylic acids is 1. The monoisotopic (exact) mass is 364 g/mol. The number of nitrogens with one attached hydrogen (secondary N) is 1. The van der Waals surface area contributed by atoms with Crippen LogP contribution < -0.4 is 10.2 Å². The zero-order valence-corrected chi connectivity index (χ0v) is 15.9. The van der Waals surface area contributed by atoms with Crippen LogP contribution in [0, 0.1) is 0 Å². The first-order chi connectivity index (χ1) is 11.8. The molecule has 25 heavy (non-hydrogen) atoms. The fourth-order valence-corrected chi connectivity index (χ4v) is 2.76. The van der Waals surface area contributed by atoms with Gasteiger partial charge in [-0.1, -0.05) is 35.9 Å². The molecule has 0 amide bonds. The first kappa shape index (κ1) is 19.4. The average molecular weight is 365 g/mol. The smallest absolute Gasteiger partial charge is 0.293 e. The predicted octanol–water partition coefficient (Wildman–Crippen LogP) is 3.04. The van der Waals surface area contributed by atoms with Gasteiger partial charge in [0, 0.05) is 36.4 Å². The van der Waals surface area contributed by atoms with E-state index in [0.29, 0.717) is 17.7 Å². The molecular formula is C18H25ClN4O2. The van der Waals surface area contributed by atoms with E-state index in [0.717, 1.165) is 36.2 Å². The molecule has 0 spiro atoms. The molecule has 1 aromatic heterocycles. The molecular weight excluding hydrogens is 340 g/mol. The third-order valence-corrected chi connectivity index (χ3v) is 3.97. The molecule has 1 saturated heterocycles. The number of carbonyl (C=O) groups is 1. The fraction of sp³-hybridized carbons (Fsp3) is 0.500. The topological polar surface area (TPSA) is 67.3 Å². The maximum Gasteiger partial charge on any atom is 0.293 e. The summed E-state index contributed by atoms with van der Waals surface area (Å²) >= 11 is 6.09. The zero-order valence-electron chi connectivity index (χ0n) is 15.1. The van der Waals surface area contributed by atoms with Gasteiger partial charge in [0.15, 0.2) is 11.0 Å². The van der Waals surface area contributed by atoms with E-state index in [1.54, 1.807) is 0 Å². The molecule has 1 fully saturated rings. The number of nitrogens with zero attached hydrogens (tertiary/aromatic N) is 3. The highest BCUT2D eigenvalue weighted by molar-refractivity contribution is 6.34. The Morgan fingerprint density at radius 1 is 1.28 bits per heavy atom. The highest BCUT2D eigenvalue weighted by Gasteiger charge is 2.19. The van der Waals surface area contributed by atoms with Gasteiger partial charge >= 0.3 is 0 Å². The molecule has 1 aliphatic heterocycles. The minimum Gasteiger partial charge on any atom is -0.462 e. The van der Waals surface area contributed by atoms with E-state index in [-0.39, 0.29) is 5.60 Å². The molecule has 1 atom stereocenters. The van der Waals surface area contributed by atoms with Crippen LogP contribution >= 0.6 is 11.6 Å². The van der Waals surface area contributed by atoms with Gasteiger partial charge in [-0.25, -0.2) is 0 Å². The number of rotatable bonds is 2. The average Bonchev–Trinajstić information content (AvgIpc) is 2.55. The molecule has 0 saturated carbocycles. The molecule has 6 nitrogen and oxygen atoms in total. The molecule has 136 valence electrons. The summed E-state index contributed by atoms with van der Waals surface area (Å²) in [5.41, 5.74) is -0.318. The second-order valence-corrected chi connectivity index (χ2v) is 7.35. The quantitative estimate of drug-likeness (QED) is 0.826. The second kappa shape index (κ2) is 8.45. The van der Waals surface area contributed by atoms with E-state index in [1.807, 2.05) is 39.0 Å². The van der Waals surface area contributed by atoms with Crippen molar-refractivity contribution in [1.82, 2.24) is 15.5 Å². The number of piperazine rings is 1. The highest BCUT2D eigenvalue weighted by Crippen LogP contribution is 2.28. The summed E-state index contributed by atoms with van der Waals surface area (Å²) in [5, 5.41) is 14.3. The lowest BCUT2D eigenvalue weighted by molar-refractivity contribution is -0.138. The van der Waals surface area contributed by atoms with Gasteiger partial charge in [0.1, 0.15) is 5.60 Å². The molecule has 1 aliphatic rings. The van der Waals surface area contributed by atoms with Gasteiger partial charge in [0.25, 0.3) is 6.47 Å². The lowest BCUT2D eigenvalue weighted by Gasteiger charge is -2.33. The van der Waals surface area contributed by atoms with Crippen LogP contribution in [0.15, 0.2) is 24.3 Å². The summed E-state index contributed by atoms with van der Waals surface area (Å²) in [7, 11) is 0. The van der Waals surface area contributed by atoms with Gasteiger partial charge in [0.05, 0.1) is 0 Å². The summed E-state index contributed by atoms with van der Waals surface area (Å²) in [6.45, 7) is 11.0. The molecule has 3 rings (SSSR count). The van der Waals surface area contributed by atoms with E-state index in [2.05, 4.69) is 38.1 Å². The Morgan fingerprint density at radius 3 is 2.52 bits per heavy atom. The molecule has 0 unspecified atom stereocenters. The van der Waals surface area contributed by atoms with Crippen LogP contribution in [0.1, 0.15) is 27.7 Å². The van der Waals surface area contributed by atoms with Crippen LogP contribution in [-0.4, -0.2) is 47.9 Å². The Labute approximate surface area is 153 Å². The summed E-state index contributed by atoms with van der Waals surface area (Å²) in [4.78, 5) is 11.9. The first-order valence-electron chi connectivity index (χ1n) is 8.32. The van der Waals surface area contributed by atoms with Crippen molar-refractivity contribution >= 4 is 34.7 Å². The van der Waals surface area contributed by atoms with Crippen LogP contribution in [-0.2, 0) is 9.53 Å². The van der Waals surface area contributed by atoms with E-state index >= 15 is 0 Å². The Kier molecular flexibility index (Phi) is 6.56. The van der Waals surface area contributed by atoms with Crippen molar-refractivity contribution in [3.63, 3.8) is 0 Å². The predicted molar refractivity (Wildman–Crippen MR) is 101 cm³/mol. The molecule has 2 heterocycles. The van der Waals surface area contributed by atoms with Crippen LogP contribution in [0.2, 0.25) is 5.15 Å². The zero-order chi connectivity index (χ0) is 18.4. The maximum atomic E-state index is 9.60. The van der Waals surface area contributed by atoms with Crippen molar-refractivity contribution in [2.24, 2.45) is 0 Å². The van der Waals surface area contributed by atoms with E-state index in [4.69, 9.17) is 11.6 Å². The lowest BCUT2D eigenvalue weighted by Crippen LogP contribution is -2.49. The van der Waals surface area contributed by atoms with Crippen LogP contribution in [0.25, 0.3) is 10.8 Å². The standard InChI is InChI=1S/C13H15ClN4.C5H10O2/c1-9-8-18(7-6-15-9)13-11-5-3-2-4-10(11)12(14)16-17-13;1-5(2,3)7-4-6/h2-5,9,15H,6-8H2,1H3;4H,1-3H3/t9-;/m0./s1. The number of fused-ring (bicyclic) bond motifs is 1. The fourth-order valence-electron chi connectivity index (χ4n) is 2.56. The van der Waals surface area contributed by atoms with Crippen molar-refractivity contribution < 1.29 is 9.53 Å². The Morgan fingerprint density at radius 2 is 1.96 bits per heavy atom. The third-order valence-electron chi connectivity index (χ3n) is 3.69. The molecule has 1 aromatic carbocycles. The summed E-state index contributed by atoms with van der Waals surface area (Å²) < 4.78 is 4.55. The van der Waals surface area contributed by atoms with Crippen molar-refractivity contribution in [2.75, 3.05) is 24.5 Å². The van der Waals surface area contributed by atoms with Crippen molar-refractivity contribution in [1.29, 1.82) is 0 Å². The summed E-state index contributed by atoms with van der Waals surface area (Å²) in [6, 6.07) is 8.49. The molecule has 1 N–H and O–H groups in total. The highest BCUT2D eigenvalue weighted by atomic mass is 35.5. The van der Waals surface area contributed by atoms with Crippen LogP contribution in [0.5, 0.6) is 0 Å². The van der Waals surface area contributed by atoms with Gasteiger partial charge in [-0.2, -0.15) is 0 Å². The van der Waals surface area contributed by atoms with E-state index < -0.39 is 0 Å². The van der Waals surface area contributed by atoms with Gasteiger partial charge in [-0.05, 0) is 27.7 Å². The second-order valence-electron chi connectivity index (χ2n) is 6.99. The van der Waals surface area contributed by atoms with Crippen molar-refractivity contribution in [3.8, 4) is 0 Å². The normalized spacial score (nSPS) is 17.6. The van der Waals surface area contributed by atoms with E-state index in [1.165, 1.54) is 0 Å². The van der Waals surface area contributed by atoms with Gasteiger partial charge in [0.2, 0.25) is 0 Å². The van der Waals surface area contributed by atoms with Gasteiger partial charge in [-0.3, -0.25) is 4.79 Å². The third kappa shape index (κ3) is 5.54. The minimum absolute atomic E-state index is 0.318. The van der Waals surface area contributed by atoms with Gasteiger partial charge < -0.3 is 15.0 Å². The Hall–Kier alpha value is -1.92. The number of hydrogen-bond acceptors (Lipinski definition) is 6. The largest absolute Gasteiger partial charge is 0.462 e. The van der Waals surface area contributed by atoms with Crippen LogP contribution in [0.4, 0.5) is 5.82 Å². The number of aromatic nitrogens is 2. The molecule has 7 heteroatoms. The number of halogens is 1. The summed E-state index contributed by atoms with van der Waals surface area (Å²) in [6.07, 6.45) is 0. The number of benzene rings is 1. The minimum atomic E-state index is -0.318. The number of ether oxygens (including phenoxy) is 1. The SMILES string of the molecule is CC(C)(C)OC=O.C[C@H]1CN(c2nnc(Cl)c3ccccc23)CCN1. The summed E-state index contributed by atoms with van der Waals surface area (Å²) in [5.74, 6) is 0.934. The number of hydrogen-bond donors (Lipinski definition) is 1.